The Kier molecular flexibility index (Phi) is 1.08. The molecule has 0 radical (unpaired) electrons. The van der Waals surface area contributed by atoms with E-state index in [1.807, 2.05) is 0 Å². The molecular weight excluding hydrogens is 132 g/mol. The summed E-state index contributed by atoms with van der Waals surface area (Å²) in [6, 6.07) is 0. The van der Waals surface area contributed by atoms with E-state index in [0.717, 1.165) is 0 Å². The van der Waals surface area contributed by atoms with Gasteiger partial charge in [0.05, 0.1) is 18.6 Å². The highest BCUT2D eigenvalue weighted by Gasteiger charge is 2.42. The maximum atomic E-state index is 10.8. The van der Waals surface area contributed by atoms with Gasteiger partial charge in [0.15, 0.2) is 0 Å². The van der Waals surface area contributed by atoms with Crippen LogP contribution in [0.5, 0.6) is 0 Å². The van der Waals surface area contributed by atoms with Crippen LogP contribution in [-0.2, 0) is 9.53 Å². The van der Waals surface area contributed by atoms with E-state index in [9.17, 15) is 9.90 Å². The molecule has 1 heterocycles. The first-order chi connectivity index (χ1) is 4.79. The molecule has 3 nitrogen and oxygen atoms in total. The van der Waals surface area contributed by atoms with Gasteiger partial charge in [0.25, 0.3) is 0 Å². The fourth-order valence-corrected chi connectivity index (χ4v) is 1.46. The quantitative estimate of drug-likeness (QED) is 0.371. The van der Waals surface area contributed by atoms with Crippen LogP contribution in [0.2, 0.25) is 0 Å². The predicted octanol–water partition coefficient (Wildman–Crippen LogP) is -0.294. The van der Waals surface area contributed by atoms with Gasteiger partial charge in [-0.25, -0.2) is 0 Å². The summed E-state index contributed by atoms with van der Waals surface area (Å²) in [4.78, 5) is 10.8. The maximum absolute atomic E-state index is 10.8. The third-order valence-corrected chi connectivity index (χ3v) is 2.11. The third-order valence-electron chi connectivity index (χ3n) is 2.11. The summed E-state index contributed by atoms with van der Waals surface area (Å²) in [5.74, 6) is -0.375. The molecular formula is C7H8O3. The molecule has 2 aliphatic rings. The van der Waals surface area contributed by atoms with Gasteiger partial charge in [-0.2, -0.15) is 0 Å². The summed E-state index contributed by atoms with van der Waals surface area (Å²) in [6.07, 6.45) is 2.91. The third kappa shape index (κ3) is 0.609. The molecule has 0 aromatic carbocycles. The number of cyclic esters (lactones) is 1. The smallest absolute Gasteiger partial charge is 0.313 e. The number of rotatable bonds is 0. The Balaban J connectivity index is 2.24. The zero-order valence-electron chi connectivity index (χ0n) is 5.36. The molecule has 0 amide bonds. The van der Waals surface area contributed by atoms with E-state index in [4.69, 9.17) is 4.74 Å². The van der Waals surface area contributed by atoms with Crippen LogP contribution in [0.3, 0.4) is 0 Å². The van der Waals surface area contributed by atoms with Crippen molar-refractivity contribution in [3.8, 4) is 0 Å². The van der Waals surface area contributed by atoms with E-state index in [2.05, 4.69) is 0 Å². The van der Waals surface area contributed by atoms with Crippen molar-refractivity contribution in [2.24, 2.45) is 11.8 Å². The lowest BCUT2D eigenvalue weighted by molar-refractivity contribution is -0.140. The first kappa shape index (κ1) is 5.92. The van der Waals surface area contributed by atoms with E-state index in [0.29, 0.717) is 6.61 Å². The average Bonchev–Trinajstić information content (AvgIpc) is 2.41. The normalized spacial score (nSPS) is 43.7. The Bertz CT molecular complexity index is 197. The van der Waals surface area contributed by atoms with Crippen molar-refractivity contribution < 1.29 is 14.6 Å². The Morgan fingerprint density at radius 3 is 3.10 bits per heavy atom. The highest BCUT2D eigenvalue weighted by Crippen LogP contribution is 2.31. The molecule has 10 heavy (non-hydrogen) atoms. The molecule has 2 rings (SSSR count). The molecule has 0 saturated carbocycles. The van der Waals surface area contributed by atoms with E-state index < -0.39 is 6.10 Å². The van der Waals surface area contributed by atoms with Gasteiger partial charge in [-0.15, -0.1) is 0 Å². The van der Waals surface area contributed by atoms with E-state index >= 15 is 0 Å². The van der Waals surface area contributed by atoms with Crippen LogP contribution >= 0.6 is 0 Å². The van der Waals surface area contributed by atoms with Gasteiger partial charge in [0.1, 0.15) is 0 Å². The molecule has 3 heteroatoms. The number of fused-ring (bicyclic) bond motifs is 1. The summed E-state index contributed by atoms with van der Waals surface area (Å²) >= 11 is 0. The van der Waals surface area contributed by atoms with E-state index in [1.54, 1.807) is 12.2 Å². The van der Waals surface area contributed by atoms with Crippen molar-refractivity contribution in [2.45, 2.75) is 6.10 Å². The minimum Gasteiger partial charge on any atom is -0.465 e. The second-order valence-electron chi connectivity index (χ2n) is 2.70. The maximum Gasteiger partial charge on any atom is 0.313 e. The predicted molar refractivity (Wildman–Crippen MR) is 33.1 cm³/mol. The topological polar surface area (TPSA) is 46.5 Å². The molecule has 1 aliphatic heterocycles. The van der Waals surface area contributed by atoms with Crippen LogP contribution in [0.4, 0.5) is 0 Å². The van der Waals surface area contributed by atoms with Crippen molar-refractivity contribution in [1.29, 1.82) is 0 Å². The van der Waals surface area contributed by atoms with Gasteiger partial charge in [-0.05, 0) is 0 Å². The first-order valence-electron chi connectivity index (χ1n) is 3.32. The molecule has 1 aliphatic carbocycles. The fourth-order valence-electron chi connectivity index (χ4n) is 1.46. The highest BCUT2D eigenvalue weighted by atomic mass is 16.5. The zero-order chi connectivity index (χ0) is 7.14. The van der Waals surface area contributed by atoms with Crippen molar-refractivity contribution in [1.82, 2.24) is 0 Å². The lowest BCUT2D eigenvalue weighted by atomic mass is 9.98. The molecule has 0 spiro atoms. The van der Waals surface area contributed by atoms with Crippen LogP contribution in [-0.4, -0.2) is 23.8 Å². The van der Waals surface area contributed by atoms with Crippen LogP contribution < -0.4 is 0 Å². The standard InChI is InChI=1S/C7H8O3/c8-6-2-1-4-5(6)3-10-7(4)9/h1-2,4-6,8H,3H2/t4-,5-,6+/m0/s1. The summed E-state index contributed by atoms with van der Waals surface area (Å²) in [5, 5.41) is 9.20. The largest absolute Gasteiger partial charge is 0.465 e. The minimum atomic E-state index is -0.476. The summed E-state index contributed by atoms with van der Waals surface area (Å²) in [5.41, 5.74) is 0. The zero-order valence-corrected chi connectivity index (χ0v) is 5.36. The number of carbonyl (C=O) groups excluding carboxylic acids is 1. The van der Waals surface area contributed by atoms with Crippen molar-refractivity contribution >= 4 is 5.97 Å². The van der Waals surface area contributed by atoms with E-state index in [-0.39, 0.29) is 17.8 Å². The van der Waals surface area contributed by atoms with Crippen LogP contribution in [0, 0.1) is 11.8 Å². The van der Waals surface area contributed by atoms with Gasteiger partial charge in [0, 0.05) is 5.92 Å². The Labute approximate surface area is 58.3 Å². The van der Waals surface area contributed by atoms with Crippen LogP contribution in [0.1, 0.15) is 0 Å². The highest BCUT2D eigenvalue weighted by molar-refractivity contribution is 5.77. The molecule has 1 N–H and O–H groups in total. The van der Waals surface area contributed by atoms with Crippen LogP contribution in [0.15, 0.2) is 12.2 Å². The second-order valence-corrected chi connectivity index (χ2v) is 2.70. The number of hydrogen-bond acceptors (Lipinski definition) is 3. The molecule has 3 atom stereocenters. The van der Waals surface area contributed by atoms with E-state index in [1.165, 1.54) is 0 Å². The summed E-state index contributed by atoms with van der Waals surface area (Å²) in [6.45, 7) is 0.373. The molecule has 1 saturated heterocycles. The minimum absolute atomic E-state index is 0.00694. The van der Waals surface area contributed by atoms with Crippen LogP contribution in [0.25, 0.3) is 0 Å². The average molecular weight is 140 g/mol. The first-order valence-corrected chi connectivity index (χ1v) is 3.32. The molecule has 0 unspecified atom stereocenters. The van der Waals surface area contributed by atoms with Gasteiger partial charge < -0.3 is 9.84 Å². The monoisotopic (exact) mass is 140 g/mol. The van der Waals surface area contributed by atoms with Gasteiger partial charge in [-0.1, -0.05) is 12.2 Å². The lowest BCUT2D eigenvalue weighted by Gasteiger charge is -2.06. The number of hydrogen-bond donors (Lipinski definition) is 1. The number of aliphatic hydroxyl groups is 1. The number of esters is 1. The Hall–Kier alpha value is -0.830. The van der Waals surface area contributed by atoms with Crippen molar-refractivity contribution in [3.05, 3.63) is 12.2 Å². The lowest BCUT2D eigenvalue weighted by Crippen LogP contribution is -2.19. The fraction of sp³-hybridized carbons (Fsp3) is 0.571. The SMILES string of the molecule is O=C1OC[C@@H]2[C@H](O)C=C[C@H]12. The summed E-state index contributed by atoms with van der Waals surface area (Å²) < 4.78 is 4.74. The van der Waals surface area contributed by atoms with Crippen molar-refractivity contribution in [3.63, 3.8) is 0 Å². The van der Waals surface area contributed by atoms with Gasteiger partial charge >= 0.3 is 5.97 Å². The van der Waals surface area contributed by atoms with Gasteiger partial charge in [-0.3, -0.25) is 4.79 Å². The Morgan fingerprint density at radius 2 is 2.40 bits per heavy atom. The number of aliphatic hydroxyl groups excluding tert-OH is 1. The molecule has 0 bridgehead atoms. The molecule has 0 aromatic heterocycles. The molecule has 1 fully saturated rings. The van der Waals surface area contributed by atoms with Crippen molar-refractivity contribution in [2.75, 3.05) is 6.61 Å². The molecule has 54 valence electrons. The number of ether oxygens (including phenoxy) is 1. The second kappa shape index (κ2) is 1.83. The van der Waals surface area contributed by atoms with Gasteiger partial charge in [0.2, 0.25) is 0 Å². The molecule has 0 aromatic rings. The Morgan fingerprint density at radius 1 is 1.60 bits per heavy atom. The summed E-state index contributed by atoms with van der Waals surface area (Å²) in [7, 11) is 0. The number of carbonyl (C=O) groups is 1.